The topological polar surface area (TPSA) is 72.8 Å². The van der Waals surface area contributed by atoms with Crippen molar-refractivity contribution in [1.29, 1.82) is 0 Å². The molecule has 0 spiro atoms. The standard InChI is InChI=1S/C25H21ClFN3O4S/c1-13-9-15(14(2)29(13)16-5-7-20(27)19(26)11-16)10-18-23(31)28-25(35)30(24(18)32)21-8-6-17(33-3)12-22(21)34-4/h5-12H,1-4H3,(H,28,31,35)/b18-10+. The molecule has 1 saturated heterocycles. The molecule has 4 rings (SSSR count). The summed E-state index contributed by atoms with van der Waals surface area (Å²) in [7, 11) is 2.98. The van der Waals surface area contributed by atoms with Crippen LogP contribution in [-0.4, -0.2) is 35.7 Å². The number of carbonyl (C=O) groups is 2. The number of thiocarbonyl (C=S) groups is 1. The molecule has 7 nitrogen and oxygen atoms in total. The summed E-state index contributed by atoms with van der Waals surface area (Å²) < 4.78 is 26.2. The van der Waals surface area contributed by atoms with Crippen LogP contribution in [0.4, 0.5) is 10.1 Å². The molecule has 0 radical (unpaired) electrons. The van der Waals surface area contributed by atoms with Crippen molar-refractivity contribution >= 4 is 52.5 Å². The van der Waals surface area contributed by atoms with E-state index in [2.05, 4.69) is 5.32 Å². The van der Waals surface area contributed by atoms with Gasteiger partial charge >= 0.3 is 0 Å². The van der Waals surface area contributed by atoms with Gasteiger partial charge in [-0.15, -0.1) is 0 Å². The summed E-state index contributed by atoms with van der Waals surface area (Å²) in [5.74, 6) is -0.846. The molecule has 10 heteroatoms. The van der Waals surface area contributed by atoms with Crippen molar-refractivity contribution in [2.24, 2.45) is 0 Å². The molecule has 0 saturated carbocycles. The minimum atomic E-state index is -0.613. The summed E-state index contributed by atoms with van der Waals surface area (Å²) in [5.41, 5.74) is 3.09. The minimum absolute atomic E-state index is 0.00525. The van der Waals surface area contributed by atoms with Crippen LogP contribution in [0.3, 0.4) is 0 Å². The molecule has 1 aromatic heterocycles. The van der Waals surface area contributed by atoms with E-state index >= 15 is 0 Å². The maximum Gasteiger partial charge on any atom is 0.270 e. The van der Waals surface area contributed by atoms with Crippen LogP contribution in [0.5, 0.6) is 11.5 Å². The zero-order chi connectivity index (χ0) is 25.4. The molecule has 0 atom stereocenters. The molecule has 2 amide bonds. The van der Waals surface area contributed by atoms with Crippen molar-refractivity contribution in [3.63, 3.8) is 0 Å². The Morgan fingerprint density at radius 1 is 1.06 bits per heavy atom. The van der Waals surface area contributed by atoms with Crippen LogP contribution >= 0.6 is 23.8 Å². The van der Waals surface area contributed by atoms with Gasteiger partial charge in [-0.25, -0.2) is 9.29 Å². The molecule has 0 unspecified atom stereocenters. The van der Waals surface area contributed by atoms with Crippen LogP contribution in [0.25, 0.3) is 11.8 Å². The Morgan fingerprint density at radius 2 is 1.80 bits per heavy atom. The number of nitrogens with zero attached hydrogens (tertiary/aromatic N) is 2. The Balaban J connectivity index is 1.78. The van der Waals surface area contributed by atoms with Crippen LogP contribution in [0.2, 0.25) is 5.02 Å². The van der Waals surface area contributed by atoms with E-state index in [1.807, 2.05) is 24.5 Å². The summed E-state index contributed by atoms with van der Waals surface area (Å²) in [6.45, 7) is 3.69. The quantitative estimate of drug-likeness (QED) is 0.303. The number of hydrogen-bond acceptors (Lipinski definition) is 5. The molecule has 1 N–H and O–H groups in total. The third-order valence-corrected chi connectivity index (χ3v) is 6.24. The van der Waals surface area contributed by atoms with Crippen molar-refractivity contribution in [3.8, 4) is 17.2 Å². The molecule has 3 aromatic rings. The van der Waals surface area contributed by atoms with Crippen LogP contribution in [0, 0.1) is 19.7 Å². The number of aromatic nitrogens is 1. The first-order valence-corrected chi connectivity index (χ1v) is 11.2. The fourth-order valence-corrected chi connectivity index (χ4v) is 4.41. The third-order valence-electron chi connectivity index (χ3n) is 5.66. The van der Waals surface area contributed by atoms with E-state index in [4.69, 9.17) is 33.3 Å². The lowest BCUT2D eigenvalue weighted by molar-refractivity contribution is -0.122. The Bertz CT molecular complexity index is 1420. The van der Waals surface area contributed by atoms with E-state index in [0.717, 1.165) is 11.4 Å². The van der Waals surface area contributed by atoms with Crippen LogP contribution in [-0.2, 0) is 9.59 Å². The highest BCUT2D eigenvalue weighted by Crippen LogP contribution is 2.35. The Labute approximate surface area is 211 Å². The van der Waals surface area contributed by atoms with Gasteiger partial charge in [0.1, 0.15) is 22.9 Å². The number of amides is 2. The first-order valence-electron chi connectivity index (χ1n) is 10.4. The highest BCUT2D eigenvalue weighted by molar-refractivity contribution is 7.80. The van der Waals surface area contributed by atoms with E-state index in [1.54, 1.807) is 24.3 Å². The number of aryl methyl sites for hydroxylation is 1. The maximum absolute atomic E-state index is 13.7. The molecule has 35 heavy (non-hydrogen) atoms. The lowest BCUT2D eigenvalue weighted by atomic mass is 10.1. The van der Waals surface area contributed by atoms with Crippen molar-refractivity contribution in [2.45, 2.75) is 13.8 Å². The zero-order valence-corrected chi connectivity index (χ0v) is 20.9. The monoisotopic (exact) mass is 513 g/mol. The highest BCUT2D eigenvalue weighted by Gasteiger charge is 2.36. The van der Waals surface area contributed by atoms with Crippen molar-refractivity contribution in [1.82, 2.24) is 9.88 Å². The number of hydrogen-bond donors (Lipinski definition) is 1. The van der Waals surface area contributed by atoms with Crippen LogP contribution in [0.15, 0.2) is 48.0 Å². The molecule has 1 fully saturated rings. The van der Waals surface area contributed by atoms with Gasteiger partial charge in [0.15, 0.2) is 5.11 Å². The number of methoxy groups -OCH3 is 2. The van der Waals surface area contributed by atoms with Crippen LogP contribution in [0.1, 0.15) is 17.0 Å². The summed E-state index contributed by atoms with van der Waals surface area (Å²) in [6, 6.07) is 11.1. The van der Waals surface area contributed by atoms with Gasteiger partial charge in [-0.3, -0.25) is 14.9 Å². The second-order valence-corrected chi connectivity index (χ2v) is 8.55. The normalized spacial score (nSPS) is 15.0. The molecule has 1 aliphatic heterocycles. The van der Waals surface area contributed by atoms with Crippen molar-refractivity contribution in [3.05, 3.63) is 75.8 Å². The minimum Gasteiger partial charge on any atom is -0.497 e. The highest BCUT2D eigenvalue weighted by atomic mass is 35.5. The summed E-state index contributed by atoms with van der Waals surface area (Å²) in [6.07, 6.45) is 1.51. The number of benzene rings is 2. The second kappa shape index (κ2) is 9.52. The van der Waals surface area contributed by atoms with E-state index in [1.165, 1.54) is 37.3 Å². The van der Waals surface area contributed by atoms with Gasteiger partial charge < -0.3 is 14.0 Å². The van der Waals surface area contributed by atoms with Gasteiger partial charge in [-0.05, 0) is 74.1 Å². The lowest BCUT2D eigenvalue weighted by Gasteiger charge is -2.30. The first-order chi connectivity index (χ1) is 16.7. The molecule has 0 bridgehead atoms. The average molecular weight is 514 g/mol. The van der Waals surface area contributed by atoms with Gasteiger partial charge in [0.2, 0.25) is 0 Å². The summed E-state index contributed by atoms with van der Waals surface area (Å²) in [4.78, 5) is 27.5. The number of carbonyl (C=O) groups excluding carboxylic acids is 2. The van der Waals surface area contributed by atoms with Gasteiger partial charge in [0.25, 0.3) is 11.8 Å². The van der Waals surface area contributed by atoms with E-state index < -0.39 is 17.6 Å². The zero-order valence-electron chi connectivity index (χ0n) is 19.3. The number of nitrogens with one attached hydrogen (secondary N) is 1. The van der Waals surface area contributed by atoms with Crippen LogP contribution < -0.4 is 19.7 Å². The molecule has 1 aliphatic rings. The van der Waals surface area contributed by atoms with Gasteiger partial charge in [0.05, 0.1) is 24.9 Å². The first kappa shape index (κ1) is 24.4. The van der Waals surface area contributed by atoms with E-state index in [-0.39, 0.29) is 15.7 Å². The van der Waals surface area contributed by atoms with Gasteiger partial charge in [-0.1, -0.05) is 11.6 Å². The summed E-state index contributed by atoms with van der Waals surface area (Å²) >= 11 is 11.3. The van der Waals surface area contributed by atoms with Crippen molar-refractivity contribution in [2.75, 3.05) is 19.1 Å². The number of anilines is 1. The Hall–Kier alpha value is -3.69. The maximum atomic E-state index is 13.7. The molecular weight excluding hydrogens is 493 g/mol. The smallest absolute Gasteiger partial charge is 0.270 e. The number of ether oxygens (including phenoxy) is 2. The molecule has 0 aliphatic carbocycles. The fourth-order valence-electron chi connectivity index (χ4n) is 3.96. The predicted octanol–water partition coefficient (Wildman–Crippen LogP) is 4.74. The van der Waals surface area contributed by atoms with E-state index in [0.29, 0.717) is 28.4 Å². The number of rotatable bonds is 5. The molecule has 2 heterocycles. The van der Waals surface area contributed by atoms with Gasteiger partial charge in [-0.2, -0.15) is 0 Å². The fraction of sp³-hybridized carbons (Fsp3) is 0.160. The largest absolute Gasteiger partial charge is 0.497 e. The molecule has 180 valence electrons. The summed E-state index contributed by atoms with van der Waals surface area (Å²) in [5, 5.41) is 2.50. The Morgan fingerprint density at radius 3 is 2.46 bits per heavy atom. The lowest BCUT2D eigenvalue weighted by Crippen LogP contribution is -2.54. The number of halogens is 2. The second-order valence-electron chi connectivity index (χ2n) is 7.76. The average Bonchev–Trinajstić information content (AvgIpc) is 3.11. The van der Waals surface area contributed by atoms with E-state index in [9.17, 15) is 14.0 Å². The van der Waals surface area contributed by atoms with Gasteiger partial charge in [0, 0.05) is 23.1 Å². The SMILES string of the molecule is COc1ccc(N2C(=O)/C(=C/c3cc(C)n(-c4ccc(F)c(Cl)c4)c3C)C(=O)NC2=S)c(OC)c1. The Kier molecular flexibility index (Phi) is 6.64. The van der Waals surface area contributed by atoms with Crippen molar-refractivity contribution < 1.29 is 23.5 Å². The molecular formula is C25H21ClFN3O4S. The third kappa shape index (κ3) is 4.40. The predicted molar refractivity (Wildman–Crippen MR) is 136 cm³/mol. The molecule has 2 aromatic carbocycles.